The van der Waals surface area contributed by atoms with Gasteiger partial charge in [0.05, 0.1) is 24.2 Å². The fourth-order valence-electron chi connectivity index (χ4n) is 3.36. The highest BCUT2D eigenvalue weighted by Crippen LogP contribution is 2.38. The molecule has 0 spiro atoms. The van der Waals surface area contributed by atoms with E-state index in [0.717, 1.165) is 23.2 Å². The van der Waals surface area contributed by atoms with Crippen molar-refractivity contribution in [1.29, 1.82) is 0 Å². The van der Waals surface area contributed by atoms with Crippen LogP contribution in [0.5, 0.6) is 5.75 Å². The summed E-state index contributed by atoms with van der Waals surface area (Å²) in [6, 6.07) is 8.01. The normalized spacial score (nSPS) is 16.5. The Morgan fingerprint density at radius 1 is 1.00 bits per heavy atom. The number of halogens is 5. The molecule has 0 fully saturated rings. The highest BCUT2D eigenvalue weighted by atomic mass is 19.4. The van der Waals surface area contributed by atoms with Gasteiger partial charge in [0.2, 0.25) is 5.91 Å². The van der Waals surface area contributed by atoms with Crippen LogP contribution in [0.1, 0.15) is 6.42 Å². The molecule has 0 radical (unpaired) electrons. The van der Waals surface area contributed by atoms with Crippen molar-refractivity contribution in [2.45, 2.75) is 12.6 Å². The Bertz CT molecular complexity index is 1080. The summed E-state index contributed by atoms with van der Waals surface area (Å²) in [6.07, 6.45) is -4.91. The largest absolute Gasteiger partial charge is 0.482 e. The molecule has 11 heteroatoms. The lowest BCUT2D eigenvalue weighted by Crippen LogP contribution is -2.46. The molecule has 0 saturated carbocycles. The molecule has 162 valence electrons. The van der Waals surface area contributed by atoms with Crippen LogP contribution in [0.3, 0.4) is 0 Å². The van der Waals surface area contributed by atoms with Crippen LogP contribution in [0, 0.1) is 11.6 Å². The van der Waals surface area contributed by atoms with Gasteiger partial charge in [-0.15, -0.1) is 0 Å². The van der Waals surface area contributed by atoms with Gasteiger partial charge in [0.25, 0.3) is 5.91 Å². The number of nitrogens with zero attached hydrogens (tertiary/aromatic N) is 2. The summed E-state index contributed by atoms with van der Waals surface area (Å²) in [6.45, 7) is -1.71. The van der Waals surface area contributed by atoms with Crippen molar-refractivity contribution in [3.05, 3.63) is 65.4 Å². The number of hydrogen-bond acceptors (Lipinski definition) is 4. The number of carbonyl (C=O) groups excluding carboxylic acids is 2. The molecule has 2 aromatic carbocycles. The average molecular weight is 439 g/mol. The van der Waals surface area contributed by atoms with Gasteiger partial charge in [-0.05, 0) is 36.4 Å². The zero-order valence-corrected chi connectivity index (χ0v) is 15.7. The molecule has 0 unspecified atom stereocenters. The topological polar surface area (TPSA) is 61.9 Å². The van der Waals surface area contributed by atoms with Gasteiger partial charge in [-0.3, -0.25) is 20.0 Å². The lowest BCUT2D eigenvalue weighted by Gasteiger charge is -2.31. The summed E-state index contributed by atoms with van der Waals surface area (Å²) in [5.74, 6) is -2.88. The molecule has 0 bridgehead atoms. The van der Waals surface area contributed by atoms with Crippen LogP contribution in [0.2, 0.25) is 0 Å². The van der Waals surface area contributed by atoms with Crippen LogP contribution in [-0.4, -0.2) is 31.1 Å². The molecule has 1 N–H and O–H groups in total. The highest BCUT2D eigenvalue weighted by Gasteiger charge is 2.40. The predicted octanol–water partition coefficient (Wildman–Crippen LogP) is 3.45. The van der Waals surface area contributed by atoms with E-state index in [1.807, 2.05) is 0 Å². The van der Waals surface area contributed by atoms with Crippen LogP contribution in [-0.2, 0) is 9.59 Å². The molecule has 2 aromatic rings. The summed E-state index contributed by atoms with van der Waals surface area (Å²) < 4.78 is 69.5. The highest BCUT2D eigenvalue weighted by molar-refractivity contribution is 6.13. The van der Waals surface area contributed by atoms with Gasteiger partial charge in [-0.25, -0.2) is 8.78 Å². The van der Waals surface area contributed by atoms with Crippen molar-refractivity contribution < 1.29 is 36.3 Å². The summed E-state index contributed by atoms with van der Waals surface area (Å²) in [7, 11) is 0. The second-order valence-corrected chi connectivity index (χ2v) is 6.86. The molecule has 2 heterocycles. The number of nitrogens with one attached hydrogen (secondary N) is 1. The van der Waals surface area contributed by atoms with E-state index >= 15 is 0 Å². The number of ether oxygens (including phenoxy) is 1. The van der Waals surface area contributed by atoms with Crippen molar-refractivity contribution in [2.24, 2.45) is 0 Å². The van der Waals surface area contributed by atoms with E-state index in [4.69, 9.17) is 4.74 Å². The zero-order chi connectivity index (χ0) is 22.3. The minimum Gasteiger partial charge on any atom is -0.482 e. The van der Waals surface area contributed by atoms with E-state index in [-0.39, 0.29) is 29.9 Å². The SMILES string of the molecule is O=C1CC2=C(CN(c3ccc(F)cc3)C2=O)N(c2ccc(F)cc2OCC(F)(F)F)N1. The fourth-order valence-corrected chi connectivity index (χ4v) is 3.36. The quantitative estimate of drug-likeness (QED) is 0.742. The molecular formula is C20H14F5N3O3. The Labute approximate surface area is 172 Å². The second-order valence-electron chi connectivity index (χ2n) is 6.86. The molecule has 0 aromatic heterocycles. The molecule has 31 heavy (non-hydrogen) atoms. The van der Waals surface area contributed by atoms with E-state index in [2.05, 4.69) is 5.43 Å². The van der Waals surface area contributed by atoms with Gasteiger partial charge in [0.1, 0.15) is 23.1 Å². The van der Waals surface area contributed by atoms with Crippen molar-refractivity contribution in [1.82, 2.24) is 5.43 Å². The van der Waals surface area contributed by atoms with Gasteiger partial charge in [-0.1, -0.05) is 0 Å². The van der Waals surface area contributed by atoms with Gasteiger partial charge >= 0.3 is 6.18 Å². The zero-order valence-electron chi connectivity index (χ0n) is 15.7. The Balaban J connectivity index is 1.70. The number of rotatable bonds is 4. The van der Waals surface area contributed by atoms with Gasteiger partial charge in [0, 0.05) is 11.8 Å². The van der Waals surface area contributed by atoms with Crippen molar-refractivity contribution in [3.8, 4) is 5.75 Å². The third-order valence-electron chi connectivity index (χ3n) is 4.70. The standard InChI is InChI=1S/C20H14F5N3O3/c21-11-1-4-13(5-2-11)27-9-16-14(19(27)30)8-18(29)26-28(16)15-6-3-12(22)7-17(15)31-10-20(23,24)25/h1-7H,8-10H2,(H,26,29). The number of hydrogen-bond donors (Lipinski definition) is 1. The Morgan fingerprint density at radius 2 is 1.68 bits per heavy atom. The monoisotopic (exact) mass is 439 g/mol. The Hall–Kier alpha value is -3.63. The maximum atomic E-state index is 13.7. The van der Waals surface area contributed by atoms with Crippen LogP contribution in [0.25, 0.3) is 0 Å². The summed E-state index contributed by atoms with van der Waals surface area (Å²) in [5, 5.41) is 1.12. The first kappa shape index (κ1) is 20.6. The Morgan fingerprint density at radius 3 is 2.35 bits per heavy atom. The van der Waals surface area contributed by atoms with Gasteiger partial charge in [0.15, 0.2) is 6.61 Å². The van der Waals surface area contributed by atoms with E-state index in [1.165, 1.54) is 29.2 Å². The number of alkyl halides is 3. The van der Waals surface area contributed by atoms with E-state index in [1.54, 1.807) is 0 Å². The van der Waals surface area contributed by atoms with E-state index in [9.17, 15) is 31.5 Å². The van der Waals surface area contributed by atoms with E-state index in [0.29, 0.717) is 5.69 Å². The maximum Gasteiger partial charge on any atom is 0.422 e. The van der Waals surface area contributed by atoms with Crippen LogP contribution < -0.4 is 20.1 Å². The molecule has 6 nitrogen and oxygen atoms in total. The fraction of sp³-hybridized carbons (Fsp3) is 0.200. The molecule has 2 aliphatic heterocycles. The molecule has 2 amide bonds. The third kappa shape index (κ3) is 4.16. The number of amides is 2. The average Bonchev–Trinajstić information content (AvgIpc) is 3.03. The smallest absolute Gasteiger partial charge is 0.422 e. The van der Waals surface area contributed by atoms with Crippen molar-refractivity contribution in [2.75, 3.05) is 23.1 Å². The van der Waals surface area contributed by atoms with Crippen LogP contribution >= 0.6 is 0 Å². The first-order chi connectivity index (χ1) is 14.6. The van der Waals surface area contributed by atoms with Gasteiger partial charge < -0.3 is 9.64 Å². The molecule has 0 atom stereocenters. The number of hydrazine groups is 1. The predicted molar refractivity (Wildman–Crippen MR) is 99.0 cm³/mol. The molecule has 2 aliphatic rings. The van der Waals surface area contributed by atoms with Crippen molar-refractivity contribution >= 4 is 23.2 Å². The minimum atomic E-state index is -4.66. The second kappa shape index (κ2) is 7.56. The lowest BCUT2D eigenvalue weighted by molar-refractivity contribution is -0.153. The molecule has 0 saturated heterocycles. The van der Waals surface area contributed by atoms with Crippen LogP contribution in [0.4, 0.5) is 33.3 Å². The maximum absolute atomic E-state index is 13.7. The number of benzene rings is 2. The number of anilines is 2. The molecule has 0 aliphatic carbocycles. The first-order valence-electron chi connectivity index (χ1n) is 9.00. The Kier molecular flexibility index (Phi) is 5.03. The van der Waals surface area contributed by atoms with Gasteiger partial charge in [-0.2, -0.15) is 13.2 Å². The number of carbonyl (C=O) groups is 2. The summed E-state index contributed by atoms with van der Waals surface area (Å²) in [4.78, 5) is 26.4. The van der Waals surface area contributed by atoms with Crippen molar-refractivity contribution in [3.63, 3.8) is 0 Å². The van der Waals surface area contributed by atoms with Crippen LogP contribution in [0.15, 0.2) is 53.7 Å². The van der Waals surface area contributed by atoms with E-state index < -0.39 is 42.0 Å². The summed E-state index contributed by atoms with van der Waals surface area (Å²) in [5.41, 5.74) is 3.20. The minimum absolute atomic E-state index is 0.0455. The third-order valence-corrected chi connectivity index (χ3v) is 4.70. The summed E-state index contributed by atoms with van der Waals surface area (Å²) >= 11 is 0. The first-order valence-corrected chi connectivity index (χ1v) is 9.00. The molecule has 4 rings (SSSR count). The molecular weight excluding hydrogens is 425 g/mol. The lowest BCUT2D eigenvalue weighted by atomic mass is 10.1.